The van der Waals surface area contributed by atoms with Crippen molar-refractivity contribution in [3.8, 4) is 0 Å². The molecular formula is C21H24N4O2. The van der Waals surface area contributed by atoms with Crippen LogP contribution in [0.15, 0.2) is 36.7 Å². The van der Waals surface area contributed by atoms with Gasteiger partial charge in [-0.3, -0.25) is 4.79 Å². The number of fused-ring (bicyclic) bond motifs is 4. The first-order valence-electron chi connectivity index (χ1n) is 9.66. The Hall–Kier alpha value is -2.60. The maximum atomic E-state index is 12.7. The molecule has 5 rings (SSSR count). The SMILES string of the molecule is Cc1nccn1CC(=O)N1CCC2(CC1)OCCc1c2[nH]c2ccccc12. The predicted octanol–water partition coefficient (Wildman–Crippen LogP) is 2.76. The number of likely N-dealkylation sites (tertiary alicyclic amines) is 1. The summed E-state index contributed by atoms with van der Waals surface area (Å²) < 4.78 is 8.23. The number of benzene rings is 1. The number of amides is 1. The van der Waals surface area contributed by atoms with E-state index >= 15 is 0 Å². The molecule has 1 amide bonds. The Morgan fingerprint density at radius 2 is 2.11 bits per heavy atom. The van der Waals surface area contributed by atoms with Crippen LogP contribution in [0.1, 0.15) is 29.9 Å². The van der Waals surface area contributed by atoms with Gasteiger partial charge in [-0.2, -0.15) is 0 Å². The summed E-state index contributed by atoms with van der Waals surface area (Å²) in [4.78, 5) is 22.5. The van der Waals surface area contributed by atoms with Crippen molar-refractivity contribution in [1.29, 1.82) is 0 Å². The third kappa shape index (κ3) is 2.67. The van der Waals surface area contributed by atoms with Crippen LogP contribution in [0.2, 0.25) is 0 Å². The van der Waals surface area contributed by atoms with Gasteiger partial charge in [-0.1, -0.05) is 18.2 Å². The van der Waals surface area contributed by atoms with Crippen LogP contribution < -0.4 is 0 Å². The summed E-state index contributed by atoms with van der Waals surface area (Å²) >= 11 is 0. The van der Waals surface area contributed by atoms with Crippen LogP contribution >= 0.6 is 0 Å². The van der Waals surface area contributed by atoms with Crippen LogP contribution in [0.25, 0.3) is 10.9 Å². The minimum atomic E-state index is -0.283. The van der Waals surface area contributed by atoms with E-state index in [4.69, 9.17) is 4.74 Å². The van der Waals surface area contributed by atoms with E-state index in [9.17, 15) is 4.79 Å². The molecule has 4 heterocycles. The van der Waals surface area contributed by atoms with E-state index in [1.54, 1.807) is 6.20 Å². The van der Waals surface area contributed by atoms with E-state index in [1.165, 1.54) is 22.2 Å². The van der Waals surface area contributed by atoms with Crippen molar-refractivity contribution in [3.05, 3.63) is 53.7 Å². The van der Waals surface area contributed by atoms with E-state index < -0.39 is 0 Å². The largest absolute Gasteiger partial charge is 0.368 e. The number of hydrogen-bond acceptors (Lipinski definition) is 3. The first kappa shape index (κ1) is 16.6. The highest BCUT2D eigenvalue weighted by Gasteiger charge is 2.43. The number of carbonyl (C=O) groups excluding carboxylic acids is 1. The van der Waals surface area contributed by atoms with Crippen molar-refractivity contribution in [2.24, 2.45) is 0 Å². The summed E-state index contributed by atoms with van der Waals surface area (Å²) in [5.41, 5.74) is 3.52. The second kappa shape index (κ2) is 6.23. The zero-order valence-electron chi connectivity index (χ0n) is 15.6. The van der Waals surface area contributed by atoms with Crippen LogP contribution in [0.5, 0.6) is 0 Å². The topological polar surface area (TPSA) is 63.1 Å². The van der Waals surface area contributed by atoms with Gasteiger partial charge in [-0.25, -0.2) is 4.98 Å². The molecule has 2 aromatic heterocycles. The average molecular weight is 364 g/mol. The van der Waals surface area contributed by atoms with Gasteiger partial charge in [0.25, 0.3) is 0 Å². The molecular weight excluding hydrogens is 340 g/mol. The lowest BCUT2D eigenvalue weighted by atomic mass is 9.83. The minimum absolute atomic E-state index is 0.152. The molecule has 2 aliphatic rings. The van der Waals surface area contributed by atoms with Gasteiger partial charge in [0.05, 0.1) is 12.3 Å². The molecule has 2 aliphatic heterocycles. The van der Waals surface area contributed by atoms with Gasteiger partial charge in [0.1, 0.15) is 18.0 Å². The van der Waals surface area contributed by atoms with Gasteiger partial charge in [-0.15, -0.1) is 0 Å². The Labute approximate surface area is 158 Å². The van der Waals surface area contributed by atoms with Crippen molar-refractivity contribution in [1.82, 2.24) is 19.4 Å². The molecule has 27 heavy (non-hydrogen) atoms. The number of para-hydroxylation sites is 1. The summed E-state index contributed by atoms with van der Waals surface area (Å²) in [7, 11) is 0. The molecule has 0 atom stereocenters. The lowest BCUT2D eigenvalue weighted by molar-refractivity contribution is -0.141. The summed E-state index contributed by atoms with van der Waals surface area (Å²) in [6, 6.07) is 8.48. The van der Waals surface area contributed by atoms with Crippen LogP contribution in [0.4, 0.5) is 0 Å². The second-order valence-corrected chi connectivity index (χ2v) is 7.60. The maximum Gasteiger partial charge on any atom is 0.242 e. The summed E-state index contributed by atoms with van der Waals surface area (Å²) in [6.07, 6.45) is 6.22. The molecule has 0 unspecified atom stereocenters. The number of aromatic nitrogens is 3. The van der Waals surface area contributed by atoms with Gasteiger partial charge in [-0.05, 0) is 37.8 Å². The molecule has 1 saturated heterocycles. The van der Waals surface area contributed by atoms with Crippen LogP contribution in [0, 0.1) is 6.92 Å². The fourth-order valence-electron chi connectivity index (χ4n) is 4.60. The number of H-pyrrole nitrogens is 1. The number of nitrogens with one attached hydrogen (secondary N) is 1. The third-order valence-electron chi connectivity index (χ3n) is 6.15. The summed E-state index contributed by atoms with van der Waals surface area (Å²) in [5, 5.41) is 1.31. The summed E-state index contributed by atoms with van der Waals surface area (Å²) in [6.45, 7) is 4.48. The van der Waals surface area contributed by atoms with Crippen molar-refractivity contribution in [3.63, 3.8) is 0 Å². The second-order valence-electron chi connectivity index (χ2n) is 7.60. The number of aromatic amines is 1. The standard InChI is InChI=1S/C21H24N4O2/c1-15-22-9-12-25(15)14-19(26)24-10-7-21(8-11-24)20-17(6-13-27-21)16-4-2-3-5-18(16)23-20/h2-5,9,12,23H,6-8,10-11,13-14H2,1H3. The number of carbonyl (C=O) groups is 1. The fourth-order valence-corrected chi connectivity index (χ4v) is 4.60. The van der Waals surface area contributed by atoms with Crippen molar-refractivity contribution in [2.75, 3.05) is 19.7 Å². The number of aryl methyl sites for hydroxylation is 1. The van der Waals surface area contributed by atoms with E-state index in [0.717, 1.165) is 44.8 Å². The Bertz CT molecular complexity index is 995. The van der Waals surface area contributed by atoms with Gasteiger partial charge >= 0.3 is 0 Å². The molecule has 140 valence electrons. The van der Waals surface area contributed by atoms with Crippen molar-refractivity contribution >= 4 is 16.8 Å². The number of imidazole rings is 1. The maximum absolute atomic E-state index is 12.7. The van der Waals surface area contributed by atoms with Gasteiger partial charge in [0, 0.05) is 36.4 Å². The highest BCUT2D eigenvalue weighted by molar-refractivity contribution is 5.85. The van der Waals surface area contributed by atoms with Crippen molar-refractivity contribution in [2.45, 2.75) is 38.3 Å². The summed E-state index contributed by atoms with van der Waals surface area (Å²) in [5.74, 6) is 1.02. The average Bonchev–Trinajstić information content (AvgIpc) is 3.27. The van der Waals surface area contributed by atoms with Crippen LogP contribution in [-0.2, 0) is 28.1 Å². The number of nitrogens with zero attached hydrogens (tertiary/aromatic N) is 3. The molecule has 1 spiro atoms. The minimum Gasteiger partial charge on any atom is -0.368 e. The molecule has 1 fully saturated rings. The quantitative estimate of drug-likeness (QED) is 0.761. The molecule has 0 aliphatic carbocycles. The number of ether oxygens (including phenoxy) is 1. The van der Waals surface area contributed by atoms with Gasteiger partial charge in [0.15, 0.2) is 0 Å². The van der Waals surface area contributed by atoms with E-state index in [2.05, 4.69) is 34.2 Å². The van der Waals surface area contributed by atoms with E-state index in [1.807, 2.05) is 22.6 Å². The zero-order valence-corrected chi connectivity index (χ0v) is 15.6. The lowest BCUT2D eigenvalue weighted by Gasteiger charge is -2.43. The normalized spacial score (nSPS) is 18.8. The molecule has 3 aromatic rings. The predicted molar refractivity (Wildman–Crippen MR) is 102 cm³/mol. The van der Waals surface area contributed by atoms with Crippen LogP contribution in [0.3, 0.4) is 0 Å². The van der Waals surface area contributed by atoms with Crippen molar-refractivity contribution < 1.29 is 9.53 Å². The fraction of sp³-hybridized carbons (Fsp3) is 0.429. The van der Waals surface area contributed by atoms with E-state index in [-0.39, 0.29) is 11.5 Å². The first-order valence-corrected chi connectivity index (χ1v) is 9.66. The Morgan fingerprint density at radius 1 is 1.30 bits per heavy atom. The number of hydrogen-bond donors (Lipinski definition) is 1. The highest BCUT2D eigenvalue weighted by atomic mass is 16.5. The lowest BCUT2D eigenvalue weighted by Crippen LogP contribution is -2.49. The first-order chi connectivity index (χ1) is 13.2. The Morgan fingerprint density at radius 3 is 2.89 bits per heavy atom. The molecule has 6 nitrogen and oxygen atoms in total. The van der Waals surface area contributed by atoms with Gasteiger partial charge < -0.3 is 19.2 Å². The molecule has 1 aromatic carbocycles. The molecule has 0 radical (unpaired) electrons. The Kier molecular flexibility index (Phi) is 3.82. The monoisotopic (exact) mass is 364 g/mol. The van der Waals surface area contributed by atoms with Crippen LogP contribution in [-0.4, -0.2) is 45.0 Å². The highest BCUT2D eigenvalue weighted by Crippen LogP contribution is 2.43. The molecule has 0 saturated carbocycles. The molecule has 1 N–H and O–H groups in total. The number of rotatable bonds is 2. The van der Waals surface area contributed by atoms with Gasteiger partial charge in [0.2, 0.25) is 5.91 Å². The molecule has 0 bridgehead atoms. The zero-order chi connectivity index (χ0) is 18.4. The van der Waals surface area contributed by atoms with E-state index in [0.29, 0.717) is 6.54 Å². The third-order valence-corrected chi connectivity index (χ3v) is 6.15. The number of piperidine rings is 1. The molecule has 6 heteroatoms. The Balaban J connectivity index is 1.36. The smallest absolute Gasteiger partial charge is 0.242 e.